The molecule has 2 heterocycles. The van der Waals surface area contributed by atoms with Crippen molar-refractivity contribution in [2.45, 2.75) is 33.7 Å². The van der Waals surface area contributed by atoms with E-state index in [2.05, 4.69) is 38.0 Å². The molecule has 1 aromatic carbocycles. The van der Waals surface area contributed by atoms with Crippen molar-refractivity contribution >= 4 is 33.2 Å². The molecule has 0 aliphatic rings. The quantitative estimate of drug-likeness (QED) is 0.542. The molecule has 0 aliphatic carbocycles. The van der Waals surface area contributed by atoms with Crippen LogP contribution < -0.4 is 22.3 Å². The Labute approximate surface area is 152 Å². The van der Waals surface area contributed by atoms with E-state index in [9.17, 15) is 4.79 Å². The molecule has 0 saturated heterocycles. The second-order valence-electron chi connectivity index (χ2n) is 7.64. The SMILES string of the molecule is CC(Nc1nc2cc[nH]c(=O)c2c2cc(/C(N)=C/N)ccc12)C(C)(C)C. The van der Waals surface area contributed by atoms with Gasteiger partial charge < -0.3 is 21.8 Å². The lowest BCUT2D eigenvalue weighted by atomic mass is 9.88. The molecule has 6 heteroatoms. The summed E-state index contributed by atoms with van der Waals surface area (Å²) in [5.74, 6) is 0.752. The molecular weight excluding hydrogens is 326 g/mol. The van der Waals surface area contributed by atoms with E-state index in [1.807, 2.05) is 18.2 Å². The summed E-state index contributed by atoms with van der Waals surface area (Å²) >= 11 is 0. The molecule has 136 valence electrons. The number of aromatic nitrogens is 2. The Morgan fingerprint density at radius 1 is 1.27 bits per heavy atom. The summed E-state index contributed by atoms with van der Waals surface area (Å²) in [6.45, 7) is 8.63. The molecule has 0 radical (unpaired) electrons. The molecule has 1 unspecified atom stereocenters. The number of benzene rings is 1. The highest BCUT2D eigenvalue weighted by atomic mass is 16.1. The maximum Gasteiger partial charge on any atom is 0.258 e. The zero-order valence-electron chi connectivity index (χ0n) is 15.6. The maximum atomic E-state index is 12.4. The maximum absolute atomic E-state index is 12.4. The van der Waals surface area contributed by atoms with Gasteiger partial charge in [-0.1, -0.05) is 26.8 Å². The molecule has 0 fully saturated rings. The molecule has 3 rings (SSSR count). The van der Waals surface area contributed by atoms with E-state index in [0.29, 0.717) is 16.6 Å². The first-order valence-corrected chi connectivity index (χ1v) is 8.62. The molecule has 0 bridgehead atoms. The summed E-state index contributed by atoms with van der Waals surface area (Å²) in [4.78, 5) is 19.9. The Hall–Kier alpha value is -3.02. The first-order chi connectivity index (χ1) is 12.2. The number of H-pyrrole nitrogens is 1. The number of nitrogens with one attached hydrogen (secondary N) is 2. The minimum absolute atomic E-state index is 0.0593. The highest BCUT2D eigenvalue weighted by Gasteiger charge is 2.22. The van der Waals surface area contributed by atoms with E-state index in [4.69, 9.17) is 16.5 Å². The van der Waals surface area contributed by atoms with Gasteiger partial charge in [-0.25, -0.2) is 4.98 Å². The second kappa shape index (κ2) is 6.37. The third kappa shape index (κ3) is 3.10. The fourth-order valence-corrected chi connectivity index (χ4v) is 2.77. The number of anilines is 1. The van der Waals surface area contributed by atoms with E-state index >= 15 is 0 Å². The lowest BCUT2D eigenvalue weighted by Crippen LogP contribution is -2.31. The number of nitrogens with two attached hydrogens (primary N) is 2. The van der Waals surface area contributed by atoms with Crippen LogP contribution in [0.2, 0.25) is 0 Å². The number of rotatable bonds is 3. The van der Waals surface area contributed by atoms with Crippen LogP contribution in [0, 0.1) is 5.41 Å². The number of nitrogens with zero attached hydrogens (tertiary/aromatic N) is 1. The monoisotopic (exact) mass is 351 g/mol. The van der Waals surface area contributed by atoms with Crippen molar-refractivity contribution in [2.24, 2.45) is 16.9 Å². The van der Waals surface area contributed by atoms with E-state index in [1.165, 1.54) is 6.20 Å². The fraction of sp³-hybridized carbons (Fsp3) is 0.300. The van der Waals surface area contributed by atoms with Crippen molar-refractivity contribution < 1.29 is 0 Å². The van der Waals surface area contributed by atoms with Gasteiger partial charge >= 0.3 is 0 Å². The van der Waals surface area contributed by atoms with Gasteiger partial charge in [-0.05, 0) is 36.1 Å². The molecular formula is C20H25N5O. The Balaban J connectivity index is 2.34. The van der Waals surface area contributed by atoms with E-state index in [1.54, 1.807) is 12.3 Å². The molecule has 26 heavy (non-hydrogen) atoms. The van der Waals surface area contributed by atoms with Gasteiger partial charge in [0.1, 0.15) is 5.82 Å². The highest BCUT2D eigenvalue weighted by molar-refractivity contribution is 6.10. The molecule has 2 aromatic heterocycles. The minimum Gasteiger partial charge on any atom is -0.403 e. The summed E-state index contributed by atoms with van der Waals surface area (Å²) in [5, 5.41) is 5.72. The minimum atomic E-state index is -0.178. The van der Waals surface area contributed by atoms with Crippen LogP contribution >= 0.6 is 0 Å². The van der Waals surface area contributed by atoms with Crippen LogP contribution in [0.5, 0.6) is 0 Å². The number of hydrogen-bond donors (Lipinski definition) is 4. The van der Waals surface area contributed by atoms with Gasteiger partial charge in [0.15, 0.2) is 0 Å². The van der Waals surface area contributed by atoms with Gasteiger partial charge in [-0.15, -0.1) is 0 Å². The third-order valence-corrected chi connectivity index (χ3v) is 4.88. The van der Waals surface area contributed by atoms with Crippen molar-refractivity contribution in [3.8, 4) is 0 Å². The molecule has 0 amide bonds. The lowest BCUT2D eigenvalue weighted by Gasteiger charge is -2.29. The Kier molecular flexibility index (Phi) is 4.36. The summed E-state index contributed by atoms with van der Waals surface area (Å²) < 4.78 is 0. The Bertz CT molecular complexity index is 1060. The molecule has 3 aromatic rings. The molecule has 1 atom stereocenters. The van der Waals surface area contributed by atoms with Crippen LogP contribution in [0.4, 0.5) is 5.82 Å². The first-order valence-electron chi connectivity index (χ1n) is 8.62. The number of fused-ring (bicyclic) bond motifs is 3. The molecule has 0 spiro atoms. The number of hydrogen-bond acceptors (Lipinski definition) is 5. The smallest absolute Gasteiger partial charge is 0.258 e. The van der Waals surface area contributed by atoms with Gasteiger partial charge in [0.25, 0.3) is 5.56 Å². The summed E-state index contributed by atoms with van der Waals surface area (Å²) in [6.07, 6.45) is 2.97. The van der Waals surface area contributed by atoms with E-state index in [0.717, 1.165) is 22.2 Å². The molecule has 0 saturated carbocycles. The Morgan fingerprint density at radius 2 is 2.00 bits per heavy atom. The standard InChI is InChI=1S/C20H25N5O/c1-11(20(2,3)4)24-18-13-6-5-12(15(22)10-21)9-14(13)17-16(25-18)7-8-23-19(17)26/h5-11H,21-22H2,1-4H3,(H,23,26)(H,24,25)/b15-10-. The largest absolute Gasteiger partial charge is 0.403 e. The van der Waals surface area contributed by atoms with Crippen LogP contribution in [0.1, 0.15) is 33.3 Å². The van der Waals surface area contributed by atoms with Crippen LogP contribution in [0.15, 0.2) is 41.5 Å². The summed E-state index contributed by atoms with van der Waals surface area (Å²) in [6, 6.07) is 7.69. The second-order valence-corrected chi connectivity index (χ2v) is 7.64. The average Bonchev–Trinajstić information content (AvgIpc) is 2.59. The zero-order chi connectivity index (χ0) is 19.1. The summed E-state index contributed by atoms with van der Waals surface area (Å²) in [5.41, 5.74) is 13.3. The average molecular weight is 351 g/mol. The van der Waals surface area contributed by atoms with Crippen LogP contribution in [0.3, 0.4) is 0 Å². The number of aromatic amines is 1. The van der Waals surface area contributed by atoms with E-state index in [-0.39, 0.29) is 17.0 Å². The molecule has 6 nitrogen and oxygen atoms in total. The normalized spacial score (nSPS) is 13.9. The van der Waals surface area contributed by atoms with Crippen LogP contribution in [-0.4, -0.2) is 16.0 Å². The van der Waals surface area contributed by atoms with Crippen LogP contribution in [-0.2, 0) is 0 Å². The fourth-order valence-electron chi connectivity index (χ4n) is 2.77. The highest BCUT2D eigenvalue weighted by Crippen LogP contribution is 2.31. The van der Waals surface area contributed by atoms with Gasteiger partial charge in [0, 0.05) is 29.2 Å². The summed E-state index contributed by atoms with van der Waals surface area (Å²) in [7, 11) is 0. The van der Waals surface area contributed by atoms with Crippen molar-refractivity contribution in [3.05, 3.63) is 52.6 Å². The van der Waals surface area contributed by atoms with Crippen molar-refractivity contribution in [1.82, 2.24) is 9.97 Å². The van der Waals surface area contributed by atoms with Crippen molar-refractivity contribution in [2.75, 3.05) is 5.32 Å². The number of pyridine rings is 2. The molecule has 6 N–H and O–H groups in total. The molecule has 0 aliphatic heterocycles. The predicted octanol–water partition coefficient (Wildman–Crippen LogP) is 3.14. The topological polar surface area (TPSA) is 110 Å². The van der Waals surface area contributed by atoms with Gasteiger partial charge in [-0.2, -0.15) is 0 Å². The Morgan fingerprint density at radius 3 is 2.65 bits per heavy atom. The first kappa shape index (κ1) is 17.8. The van der Waals surface area contributed by atoms with Gasteiger partial charge in [0.2, 0.25) is 0 Å². The van der Waals surface area contributed by atoms with Gasteiger partial charge in [-0.3, -0.25) is 4.79 Å². The lowest BCUT2D eigenvalue weighted by molar-refractivity contribution is 0.359. The van der Waals surface area contributed by atoms with Crippen molar-refractivity contribution in [3.63, 3.8) is 0 Å². The van der Waals surface area contributed by atoms with E-state index < -0.39 is 0 Å². The van der Waals surface area contributed by atoms with Gasteiger partial charge in [0.05, 0.1) is 16.6 Å². The zero-order valence-corrected chi connectivity index (χ0v) is 15.6. The predicted molar refractivity (Wildman–Crippen MR) is 109 cm³/mol. The van der Waals surface area contributed by atoms with Crippen molar-refractivity contribution in [1.29, 1.82) is 0 Å². The third-order valence-electron chi connectivity index (χ3n) is 4.88. The van der Waals surface area contributed by atoms with Crippen LogP contribution in [0.25, 0.3) is 27.4 Å².